The van der Waals surface area contributed by atoms with E-state index in [4.69, 9.17) is 4.74 Å². The fourth-order valence-electron chi connectivity index (χ4n) is 3.05. The van der Waals surface area contributed by atoms with Crippen LogP contribution in [-0.4, -0.2) is 45.9 Å². The van der Waals surface area contributed by atoms with E-state index in [0.717, 1.165) is 12.8 Å². The van der Waals surface area contributed by atoms with E-state index in [1.807, 2.05) is 11.9 Å². The smallest absolute Gasteiger partial charge is 0.257 e. The van der Waals surface area contributed by atoms with Crippen molar-refractivity contribution in [1.29, 1.82) is 0 Å². The molecule has 2 aliphatic rings. The molecule has 2 fully saturated rings. The van der Waals surface area contributed by atoms with E-state index < -0.39 is 0 Å². The normalized spacial score (nSPS) is 27.9. The van der Waals surface area contributed by atoms with Crippen LogP contribution in [-0.2, 0) is 11.8 Å². The molecule has 3 rings (SSSR count). The highest BCUT2D eigenvalue weighted by molar-refractivity contribution is 5.94. The maximum atomic E-state index is 12.5. The molecule has 0 bridgehead atoms. The Bertz CT molecular complexity index is 441. The van der Waals surface area contributed by atoms with E-state index in [9.17, 15) is 4.79 Å². The fourth-order valence-corrected chi connectivity index (χ4v) is 3.05. The lowest BCUT2D eigenvalue weighted by Crippen LogP contribution is -2.54. The summed E-state index contributed by atoms with van der Waals surface area (Å²) < 4.78 is 7.46. The van der Waals surface area contributed by atoms with Crippen LogP contribution in [0.15, 0.2) is 12.4 Å². The molecule has 1 aliphatic carbocycles. The lowest BCUT2D eigenvalue weighted by Gasteiger charge is -2.43. The molecule has 1 aromatic rings. The first-order chi connectivity index (χ1) is 8.75. The van der Waals surface area contributed by atoms with Gasteiger partial charge in [-0.05, 0) is 12.8 Å². The average molecular weight is 249 g/mol. The van der Waals surface area contributed by atoms with Crippen LogP contribution in [0.3, 0.4) is 0 Å². The molecule has 1 aliphatic heterocycles. The summed E-state index contributed by atoms with van der Waals surface area (Å²) in [6.45, 7) is 1.36. The lowest BCUT2D eigenvalue weighted by molar-refractivity contribution is -0.0752. The number of fused-ring (bicyclic) bond motifs is 1. The van der Waals surface area contributed by atoms with E-state index in [1.54, 1.807) is 17.1 Å². The number of aromatic nitrogens is 2. The molecule has 0 N–H and O–H groups in total. The molecule has 2 heterocycles. The summed E-state index contributed by atoms with van der Waals surface area (Å²) in [6, 6.07) is 0.264. The third-order valence-corrected chi connectivity index (χ3v) is 3.94. The Balaban J connectivity index is 1.79. The van der Waals surface area contributed by atoms with Crippen molar-refractivity contribution in [3.05, 3.63) is 18.0 Å². The molecule has 1 saturated carbocycles. The number of carbonyl (C=O) groups excluding carboxylic acids is 1. The van der Waals surface area contributed by atoms with Crippen LogP contribution >= 0.6 is 0 Å². The van der Waals surface area contributed by atoms with Gasteiger partial charge in [0.15, 0.2) is 0 Å². The second-order valence-corrected chi connectivity index (χ2v) is 5.16. The Hall–Kier alpha value is -1.36. The van der Waals surface area contributed by atoms with Crippen molar-refractivity contribution in [1.82, 2.24) is 14.7 Å². The van der Waals surface area contributed by atoms with E-state index in [2.05, 4.69) is 5.10 Å². The molecule has 0 spiro atoms. The Labute approximate surface area is 107 Å². The monoisotopic (exact) mass is 249 g/mol. The number of ether oxygens (including phenoxy) is 1. The van der Waals surface area contributed by atoms with E-state index in [0.29, 0.717) is 18.7 Å². The van der Waals surface area contributed by atoms with Gasteiger partial charge < -0.3 is 9.64 Å². The van der Waals surface area contributed by atoms with E-state index in [-0.39, 0.29) is 18.1 Å². The van der Waals surface area contributed by atoms with Gasteiger partial charge >= 0.3 is 0 Å². The number of hydrogen-bond donors (Lipinski definition) is 0. The number of carbonyl (C=O) groups is 1. The van der Waals surface area contributed by atoms with Crippen LogP contribution < -0.4 is 0 Å². The van der Waals surface area contributed by atoms with Crippen LogP contribution in [0.5, 0.6) is 0 Å². The largest absolute Gasteiger partial charge is 0.374 e. The van der Waals surface area contributed by atoms with Crippen LogP contribution in [0.4, 0.5) is 0 Å². The maximum absolute atomic E-state index is 12.5. The minimum absolute atomic E-state index is 0.100. The van der Waals surface area contributed by atoms with Gasteiger partial charge in [0.1, 0.15) is 0 Å². The molecule has 5 heteroatoms. The van der Waals surface area contributed by atoms with Crippen molar-refractivity contribution in [2.75, 3.05) is 13.2 Å². The first-order valence-corrected chi connectivity index (χ1v) is 6.67. The van der Waals surface area contributed by atoms with Gasteiger partial charge in [0.05, 0.1) is 30.5 Å². The third kappa shape index (κ3) is 2.03. The molecule has 1 saturated heterocycles. The van der Waals surface area contributed by atoms with Gasteiger partial charge in [-0.3, -0.25) is 9.48 Å². The average Bonchev–Trinajstić information content (AvgIpc) is 2.84. The van der Waals surface area contributed by atoms with Crippen LogP contribution in [0.2, 0.25) is 0 Å². The summed E-state index contributed by atoms with van der Waals surface area (Å²) in [4.78, 5) is 14.5. The van der Waals surface area contributed by atoms with Gasteiger partial charge in [-0.1, -0.05) is 12.8 Å². The zero-order valence-electron chi connectivity index (χ0n) is 10.7. The highest BCUT2D eigenvalue weighted by Gasteiger charge is 2.37. The van der Waals surface area contributed by atoms with Crippen molar-refractivity contribution in [2.24, 2.45) is 7.05 Å². The number of amides is 1. The molecule has 1 amide bonds. The first kappa shape index (κ1) is 11.7. The minimum atomic E-state index is 0.100. The van der Waals surface area contributed by atoms with Crippen LogP contribution in [0, 0.1) is 0 Å². The standard InChI is InChI=1S/C13H19N3O2/c1-15-9-10(8-14-15)13(17)16-6-7-18-12-5-3-2-4-11(12)16/h8-9,11-12H,2-7H2,1H3. The highest BCUT2D eigenvalue weighted by atomic mass is 16.5. The summed E-state index contributed by atoms with van der Waals surface area (Å²) in [7, 11) is 1.83. The SMILES string of the molecule is Cn1cc(C(=O)N2CCOC3CCCCC32)cn1. The van der Waals surface area contributed by atoms with Gasteiger partial charge in [0.2, 0.25) is 0 Å². The van der Waals surface area contributed by atoms with Crippen molar-refractivity contribution in [3.8, 4) is 0 Å². The summed E-state index contributed by atoms with van der Waals surface area (Å²) in [5.74, 6) is 0.100. The molecule has 0 radical (unpaired) electrons. The molecule has 5 nitrogen and oxygen atoms in total. The molecule has 98 valence electrons. The predicted molar refractivity (Wildman–Crippen MR) is 66.2 cm³/mol. The molecule has 0 aromatic carbocycles. The van der Waals surface area contributed by atoms with Crippen molar-refractivity contribution >= 4 is 5.91 Å². The minimum Gasteiger partial charge on any atom is -0.374 e. The summed E-state index contributed by atoms with van der Waals surface area (Å²) >= 11 is 0. The van der Waals surface area contributed by atoms with Crippen LogP contribution in [0.25, 0.3) is 0 Å². The third-order valence-electron chi connectivity index (χ3n) is 3.94. The molecular weight excluding hydrogens is 230 g/mol. The topological polar surface area (TPSA) is 47.4 Å². The van der Waals surface area contributed by atoms with Crippen molar-refractivity contribution in [3.63, 3.8) is 0 Å². The molecule has 1 aromatic heterocycles. The van der Waals surface area contributed by atoms with Gasteiger partial charge in [0.25, 0.3) is 5.91 Å². The number of nitrogens with zero attached hydrogens (tertiary/aromatic N) is 3. The molecular formula is C13H19N3O2. The molecule has 2 unspecified atom stereocenters. The molecule has 18 heavy (non-hydrogen) atoms. The van der Waals surface area contributed by atoms with Gasteiger partial charge in [-0.2, -0.15) is 5.10 Å². The maximum Gasteiger partial charge on any atom is 0.257 e. The quantitative estimate of drug-likeness (QED) is 0.751. The first-order valence-electron chi connectivity index (χ1n) is 6.67. The number of hydrogen-bond acceptors (Lipinski definition) is 3. The predicted octanol–water partition coefficient (Wildman–Crippen LogP) is 1.20. The Morgan fingerprint density at radius 2 is 2.28 bits per heavy atom. The van der Waals surface area contributed by atoms with Gasteiger partial charge in [-0.15, -0.1) is 0 Å². The summed E-state index contributed by atoms with van der Waals surface area (Å²) in [6.07, 6.45) is 8.24. The Kier molecular flexibility index (Phi) is 3.07. The molecule has 2 atom stereocenters. The van der Waals surface area contributed by atoms with E-state index >= 15 is 0 Å². The van der Waals surface area contributed by atoms with Gasteiger partial charge in [0, 0.05) is 19.8 Å². The van der Waals surface area contributed by atoms with Crippen LogP contribution in [0.1, 0.15) is 36.0 Å². The summed E-state index contributed by atoms with van der Waals surface area (Å²) in [5, 5.41) is 4.07. The zero-order chi connectivity index (χ0) is 12.5. The zero-order valence-corrected chi connectivity index (χ0v) is 10.7. The fraction of sp³-hybridized carbons (Fsp3) is 0.692. The lowest BCUT2D eigenvalue weighted by atomic mass is 9.90. The number of morpholine rings is 1. The Morgan fingerprint density at radius 3 is 3.06 bits per heavy atom. The number of rotatable bonds is 1. The number of aryl methyl sites for hydroxylation is 1. The van der Waals surface area contributed by atoms with Crippen molar-refractivity contribution < 1.29 is 9.53 Å². The van der Waals surface area contributed by atoms with E-state index in [1.165, 1.54) is 12.8 Å². The van der Waals surface area contributed by atoms with Crippen molar-refractivity contribution in [2.45, 2.75) is 37.8 Å². The Morgan fingerprint density at radius 1 is 1.44 bits per heavy atom. The second kappa shape index (κ2) is 4.72. The van der Waals surface area contributed by atoms with Gasteiger partial charge in [-0.25, -0.2) is 0 Å². The summed E-state index contributed by atoms with van der Waals surface area (Å²) in [5.41, 5.74) is 0.684. The second-order valence-electron chi connectivity index (χ2n) is 5.16. The highest BCUT2D eigenvalue weighted by Crippen LogP contribution is 2.29.